The summed E-state index contributed by atoms with van der Waals surface area (Å²) in [5, 5.41) is 22.0. The Bertz CT molecular complexity index is 1480. The number of nitrogen functional groups attached to an aromatic ring is 1. The van der Waals surface area contributed by atoms with Crippen LogP contribution in [0.4, 0.5) is 5.82 Å². The van der Waals surface area contributed by atoms with Crippen LogP contribution in [0.5, 0.6) is 0 Å². The number of carbonyl (C=O) groups excluding carboxylic acids is 2. The maximum atomic E-state index is 13.1. The number of nitrogens with zero attached hydrogens (tertiary/aromatic N) is 6. The van der Waals surface area contributed by atoms with Gasteiger partial charge in [0.05, 0.1) is 23.6 Å². The van der Waals surface area contributed by atoms with Crippen LogP contribution < -0.4 is 5.73 Å². The molecular weight excluding hydrogens is 472 g/mol. The van der Waals surface area contributed by atoms with E-state index in [0.717, 1.165) is 29.5 Å². The smallest absolute Gasteiger partial charge is 0.292 e. The van der Waals surface area contributed by atoms with E-state index in [1.165, 1.54) is 17.8 Å². The molecule has 2 aliphatic rings. The maximum Gasteiger partial charge on any atom is 0.292 e. The number of rotatable bonds is 5. The van der Waals surface area contributed by atoms with Crippen molar-refractivity contribution in [1.82, 2.24) is 34.7 Å². The number of H-pyrrole nitrogens is 1. The molecule has 0 unspecified atom stereocenters. The van der Waals surface area contributed by atoms with Gasteiger partial charge >= 0.3 is 0 Å². The van der Waals surface area contributed by atoms with Crippen molar-refractivity contribution in [2.24, 2.45) is 0 Å². The first-order valence-electron chi connectivity index (χ1n) is 12.5. The Hall–Kier alpha value is -4.12. The fourth-order valence-corrected chi connectivity index (χ4v) is 6.00. The predicted molar refractivity (Wildman–Crippen MR) is 135 cm³/mol. The van der Waals surface area contributed by atoms with E-state index >= 15 is 0 Å². The second-order valence-corrected chi connectivity index (χ2v) is 10.0. The number of aliphatic hydroxyl groups excluding tert-OH is 1. The molecule has 0 spiro atoms. The number of anilines is 1. The molecule has 37 heavy (non-hydrogen) atoms. The van der Waals surface area contributed by atoms with Gasteiger partial charge in [-0.3, -0.25) is 9.59 Å². The van der Waals surface area contributed by atoms with Gasteiger partial charge in [0, 0.05) is 23.6 Å². The highest BCUT2D eigenvalue weighted by molar-refractivity contribution is 6.00. The molecule has 5 heterocycles. The summed E-state index contributed by atoms with van der Waals surface area (Å²) in [6.07, 6.45) is 5.70. The van der Waals surface area contributed by atoms with Crippen molar-refractivity contribution in [1.29, 1.82) is 0 Å². The lowest BCUT2D eigenvalue weighted by Gasteiger charge is -2.38. The minimum atomic E-state index is -0.561. The van der Waals surface area contributed by atoms with E-state index in [1.807, 2.05) is 29.2 Å². The number of carbonyl (C=O) groups is 2. The SMILES string of the molecule is CC(=O)c1c([C@@H]2C[C@H]3CC[C@@H](C2)N3C(=O)c2nnc[nH]2)nc2c(-c3ccc([C@H](C)O)cc3)cnn2c1N. The Kier molecular flexibility index (Phi) is 5.52. The third-order valence-electron chi connectivity index (χ3n) is 7.74. The van der Waals surface area contributed by atoms with Crippen LogP contribution in [-0.4, -0.2) is 63.6 Å². The van der Waals surface area contributed by atoms with Crippen LogP contribution in [0.3, 0.4) is 0 Å². The zero-order valence-electron chi connectivity index (χ0n) is 20.6. The van der Waals surface area contributed by atoms with Gasteiger partial charge in [-0.25, -0.2) is 4.98 Å². The average molecular weight is 501 g/mol. The predicted octanol–water partition coefficient (Wildman–Crippen LogP) is 2.90. The van der Waals surface area contributed by atoms with Crippen LogP contribution in [0.2, 0.25) is 0 Å². The Morgan fingerprint density at radius 2 is 1.86 bits per heavy atom. The van der Waals surface area contributed by atoms with Crippen LogP contribution in [0.15, 0.2) is 36.8 Å². The molecule has 4 atom stereocenters. The van der Waals surface area contributed by atoms with Gasteiger partial charge in [0.15, 0.2) is 11.4 Å². The van der Waals surface area contributed by atoms with E-state index in [1.54, 1.807) is 13.1 Å². The molecule has 2 aliphatic heterocycles. The third-order valence-corrected chi connectivity index (χ3v) is 7.74. The molecule has 2 fully saturated rings. The first-order chi connectivity index (χ1) is 17.8. The molecule has 1 aromatic carbocycles. The normalized spacial score (nSPS) is 21.9. The molecule has 1 amide bonds. The fraction of sp³-hybridized carbons (Fsp3) is 0.385. The first kappa shape index (κ1) is 23.3. The molecule has 11 nitrogen and oxygen atoms in total. The molecule has 0 radical (unpaired) electrons. The number of amides is 1. The van der Waals surface area contributed by atoms with E-state index in [2.05, 4.69) is 20.3 Å². The summed E-state index contributed by atoms with van der Waals surface area (Å²) in [6.45, 7) is 3.22. The number of nitrogens with two attached hydrogens (primary N) is 1. The van der Waals surface area contributed by atoms with Crippen LogP contribution >= 0.6 is 0 Å². The third kappa shape index (κ3) is 3.77. The Morgan fingerprint density at radius 3 is 2.46 bits per heavy atom. The molecule has 3 aromatic heterocycles. The van der Waals surface area contributed by atoms with Crippen molar-refractivity contribution in [3.05, 3.63) is 59.4 Å². The number of nitrogens with one attached hydrogen (secondary N) is 1. The number of ketones is 1. The average Bonchev–Trinajstić information content (AvgIpc) is 3.62. The van der Waals surface area contributed by atoms with Crippen LogP contribution in [0.1, 0.15) is 83.8 Å². The minimum absolute atomic E-state index is 0.0251. The number of benzene rings is 1. The summed E-state index contributed by atoms with van der Waals surface area (Å²) in [5.74, 6) is 0.188. The molecule has 0 aliphatic carbocycles. The lowest BCUT2D eigenvalue weighted by Crippen LogP contribution is -2.46. The summed E-state index contributed by atoms with van der Waals surface area (Å²) in [5.41, 5.74) is 10.7. The first-order valence-corrected chi connectivity index (χ1v) is 12.5. The standard InChI is InChI=1S/C26H28N8O3/c1-13(35)15-3-5-16(6-4-15)20-11-30-34-23(27)21(14(2)36)22(31-25(20)34)17-9-18-7-8-19(10-17)33(18)26(37)24-28-12-29-32-24/h3-6,11-13,17-19,35H,7-10,27H2,1-2H3,(H,28,29,32)/t13-,17-,18-,19+/m0/s1. The Labute approximate surface area is 212 Å². The Balaban J connectivity index is 1.40. The van der Waals surface area contributed by atoms with Crippen molar-refractivity contribution in [3.63, 3.8) is 0 Å². The minimum Gasteiger partial charge on any atom is -0.389 e. The zero-order chi connectivity index (χ0) is 25.8. The van der Waals surface area contributed by atoms with Gasteiger partial charge < -0.3 is 20.7 Å². The summed E-state index contributed by atoms with van der Waals surface area (Å²) >= 11 is 0. The number of hydrogen-bond acceptors (Lipinski definition) is 8. The molecular formula is C26H28N8O3. The molecule has 11 heteroatoms. The summed E-state index contributed by atoms with van der Waals surface area (Å²) in [7, 11) is 0. The second kappa shape index (κ2) is 8.77. The highest BCUT2D eigenvalue weighted by Gasteiger charge is 2.45. The van der Waals surface area contributed by atoms with Gasteiger partial charge in [0.1, 0.15) is 12.1 Å². The van der Waals surface area contributed by atoms with Crippen LogP contribution in [-0.2, 0) is 0 Å². The second-order valence-electron chi connectivity index (χ2n) is 10.0. The highest BCUT2D eigenvalue weighted by atomic mass is 16.3. The topological polar surface area (TPSA) is 155 Å². The molecule has 2 saturated heterocycles. The number of aromatic amines is 1. The lowest BCUT2D eigenvalue weighted by molar-refractivity contribution is 0.0556. The quantitative estimate of drug-likeness (QED) is 0.353. The van der Waals surface area contributed by atoms with Crippen molar-refractivity contribution < 1.29 is 14.7 Å². The summed E-state index contributed by atoms with van der Waals surface area (Å²) in [6, 6.07) is 7.63. The van der Waals surface area contributed by atoms with E-state index in [4.69, 9.17) is 10.7 Å². The molecule has 2 bridgehead atoms. The van der Waals surface area contributed by atoms with Gasteiger partial charge in [-0.1, -0.05) is 24.3 Å². The van der Waals surface area contributed by atoms with E-state index < -0.39 is 6.10 Å². The number of fused-ring (bicyclic) bond motifs is 3. The van der Waals surface area contributed by atoms with Crippen LogP contribution in [0.25, 0.3) is 16.8 Å². The zero-order valence-corrected chi connectivity index (χ0v) is 20.6. The number of aromatic nitrogens is 6. The molecule has 190 valence electrons. The number of Topliss-reactive ketones (excluding diaryl/α,β-unsaturated/α-hetero) is 1. The van der Waals surface area contributed by atoms with E-state index in [-0.39, 0.29) is 41.3 Å². The highest BCUT2D eigenvalue weighted by Crippen LogP contribution is 2.45. The van der Waals surface area contributed by atoms with Gasteiger partial charge in [-0.15, -0.1) is 10.2 Å². The van der Waals surface area contributed by atoms with Crippen molar-refractivity contribution in [2.45, 2.75) is 63.6 Å². The summed E-state index contributed by atoms with van der Waals surface area (Å²) < 4.78 is 1.52. The Morgan fingerprint density at radius 1 is 1.16 bits per heavy atom. The van der Waals surface area contributed by atoms with E-state index in [0.29, 0.717) is 29.7 Å². The maximum absolute atomic E-state index is 13.1. The number of aliphatic hydroxyl groups is 1. The van der Waals surface area contributed by atoms with Crippen molar-refractivity contribution >= 4 is 23.2 Å². The molecule has 0 saturated carbocycles. The summed E-state index contributed by atoms with van der Waals surface area (Å²) in [4.78, 5) is 35.6. The largest absolute Gasteiger partial charge is 0.389 e. The van der Waals surface area contributed by atoms with Gasteiger partial charge in [-0.05, 0) is 50.7 Å². The van der Waals surface area contributed by atoms with Gasteiger partial charge in [0.2, 0.25) is 5.82 Å². The lowest BCUT2D eigenvalue weighted by atomic mass is 9.85. The van der Waals surface area contributed by atoms with Gasteiger partial charge in [-0.2, -0.15) is 9.61 Å². The fourth-order valence-electron chi connectivity index (χ4n) is 6.00. The monoisotopic (exact) mass is 500 g/mol. The molecule has 4 N–H and O–H groups in total. The van der Waals surface area contributed by atoms with Crippen LogP contribution in [0, 0.1) is 0 Å². The van der Waals surface area contributed by atoms with Gasteiger partial charge in [0.25, 0.3) is 5.91 Å². The van der Waals surface area contributed by atoms with E-state index in [9.17, 15) is 14.7 Å². The molecule has 6 rings (SSSR count). The number of piperidine rings is 1. The van der Waals surface area contributed by atoms with Crippen molar-refractivity contribution in [2.75, 3.05) is 5.73 Å². The molecule has 4 aromatic rings. The number of hydrogen-bond donors (Lipinski definition) is 3. The van der Waals surface area contributed by atoms with Crippen molar-refractivity contribution in [3.8, 4) is 11.1 Å².